The molecule has 0 spiro atoms. The number of nitrogens with one attached hydrogen (secondary N) is 1. The molecule has 2 aromatic carbocycles. The van der Waals surface area contributed by atoms with Crippen LogP contribution in [0, 0.1) is 27.7 Å². The first-order valence-electron chi connectivity index (χ1n) is 12.4. The Morgan fingerprint density at radius 1 is 0.944 bits per heavy atom. The van der Waals surface area contributed by atoms with Crippen molar-refractivity contribution in [2.45, 2.75) is 46.7 Å². The number of aromatic nitrogens is 2. The van der Waals surface area contributed by atoms with Gasteiger partial charge in [-0.15, -0.1) is 0 Å². The molecular formula is C30H32N4OS. The summed E-state index contributed by atoms with van der Waals surface area (Å²) < 4.78 is 8.06. The van der Waals surface area contributed by atoms with Crippen molar-refractivity contribution in [1.29, 1.82) is 0 Å². The molecule has 0 amide bonds. The Morgan fingerprint density at radius 3 is 2.31 bits per heavy atom. The Balaban J connectivity index is 1.67. The maximum Gasteiger partial charge on any atom is 0.174 e. The number of ether oxygens (including phenoxy) is 1. The van der Waals surface area contributed by atoms with Gasteiger partial charge in [-0.05, 0) is 106 Å². The van der Waals surface area contributed by atoms with E-state index >= 15 is 0 Å². The molecule has 5 nitrogen and oxygen atoms in total. The van der Waals surface area contributed by atoms with Crippen molar-refractivity contribution in [2.75, 3.05) is 11.5 Å². The average Bonchev–Trinajstić information content (AvgIpc) is 3.36. The Labute approximate surface area is 218 Å². The van der Waals surface area contributed by atoms with Crippen molar-refractivity contribution < 1.29 is 4.74 Å². The minimum absolute atomic E-state index is 0.0605. The average molecular weight is 497 g/mol. The third-order valence-electron chi connectivity index (χ3n) is 6.98. The van der Waals surface area contributed by atoms with Gasteiger partial charge in [0.25, 0.3) is 0 Å². The molecule has 1 aliphatic rings. The normalized spacial score (nSPS) is 17.4. The summed E-state index contributed by atoms with van der Waals surface area (Å²) in [5.41, 5.74) is 9.39. The van der Waals surface area contributed by atoms with Gasteiger partial charge in [0.15, 0.2) is 5.11 Å². The van der Waals surface area contributed by atoms with Crippen molar-refractivity contribution in [3.63, 3.8) is 0 Å². The van der Waals surface area contributed by atoms with Crippen LogP contribution in [0.2, 0.25) is 0 Å². The first-order valence-corrected chi connectivity index (χ1v) is 12.8. The number of thiocarbonyl (C=S) groups is 1. The zero-order valence-corrected chi connectivity index (χ0v) is 22.3. The lowest BCUT2D eigenvalue weighted by molar-refractivity contribution is 0.340. The SMILES string of the molecule is CCOc1ccc(N2C(=S)N[C@H](c3ccccn3)[C@H]2c2cc(C)n(-c3c(C)cccc3C)c2C)cc1. The molecule has 1 saturated heterocycles. The zero-order valence-electron chi connectivity index (χ0n) is 21.4. The Kier molecular flexibility index (Phi) is 6.54. The molecule has 0 unspecified atom stereocenters. The molecule has 1 N–H and O–H groups in total. The smallest absolute Gasteiger partial charge is 0.174 e. The van der Waals surface area contributed by atoms with E-state index < -0.39 is 0 Å². The predicted molar refractivity (Wildman–Crippen MR) is 150 cm³/mol. The summed E-state index contributed by atoms with van der Waals surface area (Å²) in [6.07, 6.45) is 1.84. The van der Waals surface area contributed by atoms with Crippen molar-refractivity contribution in [2.24, 2.45) is 0 Å². The van der Waals surface area contributed by atoms with Gasteiger partial charge in [0.1, 0.15) is 5.75 Å². The van der Waals surface area contributed by atoms with E-state index in [1.165, 1.54) is 33.8 Å². The third-order valence-corrected chi connectivity index (χ3v) is 7.29. The molecule has 1 aliphatic heterocycles. The Bertz CT molecular complexity index is 1370. The van der Waals surface area contributed by atoms with E-state index in [1.54, 1.807) is 0 Å². The number of para-hydroxylation sites is 1. The summed E-state index contributed by atoms with van der Waals surface area (Å²) in [7, 11) is 0. The number of pyridine rings is 1. The number of hydrogen-bond acceptors (Lipinski definition) is 3. The second-order valence-corrected chi connectivity index (χ2v) is 9.71. The molecule has 2 atom stereocenters. The van der Waals surface area contributed by atoms with Crippen LogP contribution >= 0.6 is 12.2 Å². The monoisotopic (exact) mass is 496 g/mol. The van der Waals surface area contributed by atoms with Crippen LogP contribution in [0.3, 0.4) is 0 Å². The Morgan fingerprint density at radius 2 is 1.67 bits per heavy atom. The number of nitrogens with zero attached hydrogens (tertiary/aromatic N) is 3. The first kappa shape index (κ1) is 24.1. The lowest BCUT2D eigenvalue weighted by Crippen LogP contribution is -2.29. The largest absolute Gasteiger partial charge is 0.494 e. The second kappa shape index (κ2) is 9.78. The van der Waals surface area contributed by atoms with E-state index in [-0.39, 0.29) is 12.1 Å². The molecule has 0 aliphatic carbocycles. The highest BCUT2D eigenvalue weighted by atomic mass is 32.1. The lowest BCUT2D eigenvalue weighted by atomic mass is 9.96. The fourth-order valence-electron chi connectivity index (χ4n) is 5.41. The molecule has 36 heavy (non-hydrogen) atoms. The maximum atomic E-state index is 5.93. The molecule has 2 aromatic heterocycles. The highest BCUT2D eigenvalue weighted by Gasteiger charge is 2.42. The van der Waals surface area contributed by atoms with Gasteiger partial charge in [-0.2, -0.15) is 0 Å². The second-order valence-electron chi connectivity index (χ2n) is 9.33. The molecule has 0 radical (unpaired) electrons. The fraction of sp³-hybridized carbons (Fsp3) is 0.267. The van der Waals surface area contributed by atoms with Gasteiger partial charge >= 0.3 is 0 Å². The van der Waals surface area contributed by atoms with Gasteiger partial charge in [0.05, 0.1) is 30.1 Å². The van der Waals surface area contributed by atoms with Crippen LogP contribution in [0.25, 0.3) is 5.69 Å². The van der Waals surface area contributed by atoms with Crippen molar-refractivity contribution >= 4 is 23.0 Å². The van der Waals surface area contributed by atoms with Crippen LogP contribution in [0.15, 0.2) is 72.9 Å². The number of anilines is 1. The van der Waals surface area contributed by atoms with Crippen LogP contribution in [0.1, 0.15) is 52.8 Å². The number of rotatable bonds is 6. The summed E-state index contributed by atoms with van der Waals surface area (Å²) in [6, 6.07) is 22.9. The summed E-state index contributed by atoms with van der Waals surface area (Å²) >= 11 is 5.93. The van der Waals surface area contributed by atoms with E-state index in [0.717, 1.165) is 17.1 Å². The van der Waals surface area contributed by atoms with Crippen LogP contribution in [-0.4, -0.2) is 21.3 Å². The van der Waals surface area contributed by atoms with Crippen molar-refractivity contribution in [1.82, 2.24) is 14.9 Å². The number of benzene rings is 2. The van der Waals surface area contributed by atoms with Gasteiger partial charge in [-0.1, -0.05) is 24.3 Å². The van der Waals surface area contributed by atoms with E-state index in [2.05, 4.69) is 84.9 Å². The summed E-state index contributed by atoms with van der Waals surface area (Å²) in [6.45, 7) is 11.4. The molecule has 0 saturated carbocycles. The molecule has 5 rings (SSSR count). The Hall–Kier alpha value is -3.64. The summed E-state index contributed by atoms with van der Waals surface area (Å²) in [4.78, 5) is 6.93. The quantitative estimate of drug-likeness (QED) is 0.302. The zero-order chi connectivity index (χ0) is 25.4. The van der Waals surface area contributed by atoms with Crippen molar-refractivity contribution in [3.8, 4) is 11.4 Å². The van der Waals surface area contributed by atoms with Crippen LogP contribution < -0.4 is 15.0 Å². The molecule has 184 valence electrons. The molecule has 0 bridgehead atoms. The number of hydrogen-bond donors (Lipinski definition) is 1. The highest BCUT2D eigenvalue weighted by Crippen LogP contribution is 2.44. The first-order chi connectivity index (χ1) is 17.4. The predicted octanol–water partition coefficient (Wildman–Crippen LogP) is 6.68. The highest BCUT2D eigenvalue weighted by molar-refractivity contribution is 7.80. The van der Waals surface area contributed by atoms with E-state index in [9.17, 15) is 0 Å². The van der Waals surface area contributed by atoms with Crippen LogP contribution in [0.4, 0.5) is 5.69 Å². The standard InChI is InChI=1S/C30H32N4OS/c1-6-35-24-15-13-23(14-16-24)34-29(27(32-30(34)36)26-12-7-8-17-31-26)25-18-21(4)33(22(25)5)28-19(2)10-9-11-20(28)3/h7-18,27,29H,6H2,1-5H3,(H,32,36)/t27-,29-/m1/s1. The van der Waals surface area contributed by atoms with Gasteiger partial charge in [0.2, 0.25) is 0 Å². The lowest BCUT2D eigenvalue weighted by Gasteiger charge is -2.28. The summed E-state index contributed by atoms with van der Waals surface area (Å²) in [5.74, 6) is 0.852. The van der Waals surface area contributed by atoms with Gasteiger partial charge < -0.3 is 19.5 Å². The maximum absolute atomic E-state index is 5.93. The van der Waals surface area contributed by atoms with Crippen LogP contribution in [0.5, 0.6) is 5.75 Å². The topological polar surface area (TPSA) is 42.3 Å². The van der Waals surface area contributed by atoms with E-state index in [0.29, 0.717) is 11.7 Å². The van der Waals surface area contributed by atoms with Gasteiger partial charge in [0, 0.05) is 23.3 Å². The molecule has 1 fully saturated rings. The fourth-order valence-corrected chi connectivity index (χ4v) is 5.75. The minimum atomic E-state index is -0.0859. The molecule has 4 aromatic rings. The van der Waals surface area contributed by atoms with Gasteiger partial charge in [-0.3, -0.25) is 4.98 Å². The van der Waals surface area contributed by atoms with Crippen molar-refractivity contribution in [3.05, 3.63) is 107 Å². The third kappa shape index (κ3) is 4.16. The van der Waals surface area contributed by atoms with Gasteiger partial charge in [-0.25, -0.2) is 0 Å². The van der Waals surface area contributed by atoms with E-state index in [4.69, 9.17) is 21.9 Å². The summed E-state index contributed by atoms with van der Waals surface area (Å²) in [5, 5.41) is 4.27. The van der Waals surface area contributed by atoms with Crippen LogP contribution in [-0.2, 0) is 0 Å². The molecular weight excluding hydrogens is 464 g/mol. The molecule has 3 heterocycles. The van der Waals surface area contributed by atoms with E-state index in [1.807, 2.05) is 37.4 Å². The molecule has 6 heteroatoms. The number of aryl methyl sites for hydroxylation is 3. The minimum Gasteiger partial charge on any atom is -0.494 e.